The van der Waals surface area contributed by atoms with E-state index in [1.54, 1.807) is 6.07 Å². The van der Waals surface area contributed by atoms with E-state index < -0.39 is 12.0 Å². The quantitative estimate of drug-likeness (QED) is 0.892. The van der Waals surface area contributed by atoms with E-state index in [9.17, 15) is 9.59 Å². The van der Waals surface area contributed by atoms with Crippen molar-refractivity contribution in [3.05, 3.63) is 34.9 Å². The average molecular weight is 270 g/mol. The van der Waals surface area contributed by atoms with E-state index in [-0.39, 0.29) is 12.3 Å². The number of aryl methyl sites for hydroxylation is 1. The fraction of sp³-hybridized carbons (Fsp3) is 0.385. The molecule has 1 unspecified atom stereocenters. The maximum absolute atomic E-state index is 11.8. The maximum atomic E-state index is 11.8. The summed E-state index contributed by atoms with van der Waals surface area (Å²) in [4.78, 5) is 23.8. The Hall–Kier alpha value is -1.55. The van der Waals surface area contributed by atoms with Crippen molar-refractivity contribution in [2.75, 3.05) is 7.05 Å². The summed E-state index contributed by atoms with van der Waals surface area (Å²) in [5, 5.41) is 9.44. The highest BCUT2D eigenvalue weighted by Crippen LogP contribution is 2.17. The number of hydrogen-bond acceptors (Lipinski definition) is 2. The Morgan fingerprint density at radius 2 is 2.00 bits per heavy atom. The van der Waals surface area contributed by atoms with Gasteiger partial charge >= 0.3 is 5.97 Å². The van der Waals surface area contributed by atoms with E-state index in [1.807, 2.05) is 18.2 Å². The lowest BCUT2D eigenvalue weighted by atomic mass is 10.1. The van der Waals surface area contributed by atoms with Crippen LogP contribution in [0.3, 0.4) is 0 Å². The number of hydrogen-bond donors (Lipinski definition) is 1. The number of carboxylic acids is 1. The average Bonchev–Trinajstić information content (AvgIpc) is 2.35. The lowest BCUT2D eigenvalue weighted by Crippen LogP contribution is -2.40. The van der Waals surface area contributed by atoms with E-state index in [4.69, 9.17) is 16.7 Å². The van der Waals surface area contributed by atoms with Gasteiger partial charge in [0, 0.05) is 18.5 Å². The van der Waals surface area contributed by atoms with Crippen molar-refractivity contribution < 1.29 is 14.7 Å². The predicted molar refractivity (Wildman–Crippen MR) is 69.6 cm³/mol. The number of aliphatic carboxylic acids is 1. The third kappa shape index (κ3) is 3.74. The summed E-state index contributed by atoms with van der Waals surface area (Å²) < 4.78 is 0. The largest absolute Gasteiger partial charge is 0.480 e. The Balaban J connectivity index is 2.56. The van der Waals surface area contributed by atoms with Crippen LogP contribution < -0.4 is 0 Å². The third-order valence-corrected chi connectivity index (χ3v) is 3.27. The highest BCUT2D eigenvalue weighted by atomic mass is 35.5. The van der Waals surface area contributed by atoms with Gasteiger partial charge in [0.1, 0.15) is 6.04 Å². The van der Waals surface area contributed by atoms with Crippen LogP contribution in [0.2, 0.25) is 5.02 Å². The van der Waals surface area contributed by atoms with Gasteiger partial charge in [0.05, 0.1) is 0 Å². The Kier molecular flexibility index (Phi) is 5.16. The first-order chi connectivity index (χ1) is 8.43. The molecule has 1 rings (SSSR count). The lowest BCUT2D eigenvalue weighted by molar-refractivity contribution is -0.148. The van der Waals surface area contributed by atoms with Gasteiger partial charge in [0.2, 0.25) is 5.91 Å². The molecule has 5 heteroatoms. The molecule has 1 aromatic carbocycles. The molecule has 0 fully saturated rings. The molecule has 0 aliphatic rings. The van der Waals surface area contributed by atoms with Gasteiger partial charge in [-0.2, -0.15) is 0 Å². The standard InChI is InChI=1S/C13H16ClNO3/c1-9(13(17)18)15(2)12(16)8-7-10-5-3-4-6-11(10)14/h3-6,9H,7-8H2,1-2H3,(H,17,18). The maximum Gasteiger partial charge on any atom is 0.326 e. The fourth-order valence-corrected chi connectivity index (χ4v) is 1.73. The van der Waals surface area contributed by atoms with Crippen LogP contribution in [-0.4, -0.2) is 35.0 Å². The molecule has 1 atom stereocenters. The number of carbonyl (C=O) groups excluding carboxylic acids is 1. The minimum atomic E-state index is -1.01. The van der Waals surface area contributed by atoms with Crippen LogP contribution in [0, 0.1) is 0 Å². The molecule has 0 saturated carbocycles. The third-order valence-electron chi connectivity index (χ3n) is 2.90. The Morgan fingerprint density at radius 1 is 1.39 bits per heavy atom. The van der Waals surface area contributed by atoms with Crippen LogP contribution in [-0.2, 0) is 16.0 Å². The molecule has 0 aliphatic heterocycles. The number of carbonyl (C=O) groups is 2. The zero-order valence-corrected chi connectivity index (χ0v) is 11.1. The predicted octanol–water partition coefficient (Wildman–Crippen LogP) is 2.20. The molecule has 18 heavy (non-hydrogen) atoms. The number of halogens is 1. The summed E-state index contributed by atoms with van der Waals surface area (Å²) in [5.41, 5.74) is 0.892. The van der Waals surface area contributed by atoms with Gasteiger partial charge in [0.15, 0.2) is 0 Å². The smallest absolute Gasteiger partial charge is 0.326 e. The van der Waals surface area contributed by atoms with Crippen molar-refractivity contribution in [2.24, 2.45) is 0 Å². The number of amides is 1. The van der Waals surface area contributed by atoms with Crippen molar-refractivity contribution in [3.8, 4) is 0 Å². The summed E-state index contributed by atoms with van der Waals surface area (Å²) in [6.45, 7) is 1.48. The molecule has 4 nitrogen and oxygen atoms in total. The SMILES string of the molecule is CC(C(=O)O)N(C)C(=O)CCc1ccccc1Cl. The molecule has 0 saturated heterocycles. The van der Waals surface area contributed by atoms with E-state index in [0.29, 0.717) is 11.4 Å². The molecule has 1 aromatic rings. The van der Waals surface area contributed by atoms with Crippen LogP contribution in [0.5, 0.6) is 0 Å². The van der Waals surface area contributed by atoms with Crippen molar-refractivity contribution in [2.45, 2.75) is 25.8 Å². The first-order valence-corrected chi connectivity index (χ1v) is 6.03. The molecular formula is C13H16ClNO3. The van der Waals surface area contributed by atoms with E-state index in [1.165, 1.54) is 18.9 Å². The topological polar surface area (TPSA) is 57.6 Å². The summed E-state index contributed by atoms with van der Waals surface area (Å²) in [5.74, 6) is -1.21. The van der Waals surface area contributed by atoms with Crippen LogP contribution in [0.1, 0.15) is 18.9 Å². The van der Waals surface area contributed by atoms with Crippen LogP contribution in [0.25, 0.3) is 0 Å². The fourth-order valence-electron chi connectivity index (χ4n) is 1.50. The molecule has 1 N–H and O–H groups in total. The number of benzene rings is 1. The van der Waals surface area contributed by atoms with Crippen LogP contribution >= 0.6 is 11.6 Å². The Morgan fingerprint density at radius 3 is 2.56 bits per heavy atom. The minimum Gasteiger partial charge on any atom is -0.480 e. The molecule has 0 aliphatic carbocycles. The molecule has 98 valence electrons. The van der Waals surface area contributed by atoms with Gasteiger partial charge in [0.25, 0.3) is 0 Å². The molecular weight excluding hydrogens is 254 g/mol. The summed E-state index contributed by atoms with van der Waals surface area (Å²) in [6.07, 6.45) is 0.757. The number of rotatable bonds is 5. The van der Waals surface area contributed by atoms with Crippen molar-refractivity contribution in [1.29, 1.82) is 0 Å². The first kappa shape index (κ1) is 14.5. The minimum absolute atomic E-state index is 0.204. The number of carboxylic acid groups (broad SMARTS) is 1. The Bertz CT molecular complexity index is 448. The highest BCUT2D eigenvalue weighted by Gasteiger charge is 2.21. The van der Waals surface area contributed by atoms with E-state index >= 15 is 0 Å². The lowest BCUT2D eigenvalue weighted by Gasteiger charge is -2.21. The van der Waals surface area contributed by atoms with Crippen molar-refractivity contribution in [1.82, 2.24) is 4.90 Å². The van der Waals surface area contributed by atoms with Gasteiger partial charge in [-0.3, -0.25) is 4.79 Å². The number of likely N-dealkylation sites (N-methyl/N-ethyl adjacent to an activating group) is 1. The molecule has 0 heterocycles. The summed E-state index contributed by atoms with van der Waals surface area (Å²) in [6, 6.07) is 6.49. The zero-order chi connectivity index (χ0) is 13.7. The molecule has 0 radical (unpaired) electrons. The zero-order valence-electron chi connectivity index (χ0n) is 10.4. The van der Waals surface area contributed by atoms with Gasteiger partial charge in [-0.1, -0.05) is 29.8 Å². The van der Waals surface area contributed by atoms with E-state index in [2.05, 4.69) is 0 Å². The second-order valence-electron chi connectivity index (χ2n) is 4.11. The van der Waals surface area contributed by atoms with Gasteiger partial charge in [-0.25, -0.2) is 4.79 Å². The first-order valence-electron chi connectivity index (χ1n) is 5.65. The molecule has 0 aromatic heterocycles. The normalized spacial score (nSPS) is 11.9. The van der Waals surface area contributed by atoms with Crippen molar-refractivity contribution in [3.63, 3.8) is 0 Å². The summed E-state index contributed by atoms with van der Waals surface area (Å²) in [7, 11) is 1.49. The number of nitrogens with zero attached hydrogens (tertiary/aromatic N) is 1. The van der Waals surface area contributed by atoms with E-state index in [0.717, 1.165) is 5.56 Å². The monoisotopic (exact) mass is 269 g/mol. The Labute approximate surface area is 111 Å². The van der Waals surface area contributed by atoms with Crippen molar-refractivity contribution >= 4 is 23.5 Å². The van der Waals surface area contributed by atoms with Crippen LogP contribution in [0.4, 0.5) is 0 Å². The van der Waals surface area contributed by atoms with Crippen LogP contribution in [0.15, 0.2) is 24.3 Å². The summed E-state index contributed by atoms with van der Waals surface area (Å²) >= 11 is 5.98. The molecule has 0 bridgehead atoms. The second kappa shape index (κ2) is 6.40. The second-order valence-corrected chi connectivity index (χ2v) is 4.52. The highest BCUT2D eigenvalue weighted by molar-refractivity contribution is 6.31. The van der Waals surface area contributed by atoms with Gasteiger partial charge in [-0.15, -0.1) is 0 Å². The van der Waals surface area contributed by atoms with Gasteiger partial charge < -0.3 is 10.0 Å². The van der Waals surface area contributed by atoms with Gasteiger partial charge in [-0.05, 0) is 25.0 Å². The molecule has 1 amide bonds. The molecule has 0 spiro atoms.